The first kappa shape index (κ1) is 19.6. The van der Waals surface area contributed by atoms with E-state index in [2.05, 4.69) is 24.3 Å². The van der Waals surface area contributed by atoms with Crippen LogP contribution in [0.4, 0.5) is 5.69 Å². The lowest BCUT2D eigenvalue weighted by Gasteiger charge is -2.30. The first-order chi connectivity index (χ1) is 14.2. The zero-order valence-corrected chi connectivity index (χ0v) is 17.2. The average Bonchev–Trinajstić information content (AvgIpc) is 3.19. The second-order valence-electron chi connectivity index (χ2n) is 7.53. The molecule has 1 saturated heterocycles. The molecule has 1 aliphatic rings. The van der Waals surface area contributed by atoms with Crippen LogP contribution in [0.1, 0.15) is 30.2 Å². The highest BCUT2D eigenvalue weighted by Gasteiger charge is 2.29. The second kappa shape index (κ2) is 9.17. The number of anilines is 1. The van der Waals surface area contributed by atoms with Crippen LogP contribution in [-0.4, -0.2) is 37.1 Å². The highest BCUT2D eigenvalue weighted by atomic mass is 32.1. The van der Waals surface area contributed by atoms with E-state index in [4.69, 9.17) is 10.2 Å². The number of hydrogen-bond donors (Lipinski definition) is 1. The Bertz CT molecular complexity index is 977. The lowest BCUT2D eigenvalue weighted by Crippen LogP contribution is -3.14. The summed E-state index contributed by atoms with van der Waals surface area (Å²) in [7, 11) is 0. The fraction of sp³-hybridized carbons (Fsp3) is 0.348. The molecule has 0 radical (unpaired) electrons. The van der Waals surface area contributed by atoms with Crippen molar-refractivity contribution in [2.45, 2.75) is 25.2 Å². The predicted molar refractivity (Wildman–Crippen MR) is 116 cm³/mol. The number of aromatic nitrogens is 1. The number of nitrogens with one attached hydrogen (secondary N) is 1. The molecule has 0 spiro atoms. The number of rotatable bonds is 6. The van der Waals surface area contributed by atoms with Gasteiger partial charge in [0.15, 0.2) is 6.54 Å². The van der Waals surface area contributed by atoms with Crippen LogP contribution in [0.3, 0.4) is 0 Å². The molecule has 1 aliphatic heterocycles. The smallest absolute Gasteiger partial charge is 0.282 e. The van der Waals surface area contributed by atoms with Crippen LogP contribution in [0.25, 0.3) is 10.2 Å². The summed E-state index contributed by atoms with van der Waals surface area (Å²) in [4.78, 5) is 21.0. The van der Waals surface area contributed by atoms with E-state index in [-0.39, 0.29) is 5.91 Å². The van der Waals surface area contributed by atoms with Crippen LogP contribution < -0.4 is 9.80 Å². The number of thiazole rings is 1. The molecule has 5 nitrogen and oxygen atoms in total. The minimum atomic E-state index is 0.0893. The third-order valence-electron chi connectivity index (χ3n) is 5.50. The van der Waals surface area contributed by atoms with Gasteiger partial charge in [0.05, 0.1) is 41.7 Å². The number of likely N-dealkylation sites (tertiary alicyclic amines) is 1. The van der Waals surface area contributed by atoms with Gasteiger partial charge in [-0.15, -0.1) is 11.3 Å². The molecule has 6 heteroatoms. The molecule has 1 N–H and O–H groups in total. The van der Waals surface area contributed by atoms with E-state index in [9.17, 15) is 4.79 Å². The number of hydrogen-bond acceptors (Lipinski definition) is 4. The first-order valence-corrected chi connectivity index (χ1v) is 11.0. The van der Waals surface area contributed by atoms with Crippen molar-refractivity contribution in [3.05, 3.63) is 59.6 Å². The van der Waals surface area contributed by atoms with Crippen LogP contribution >= 0.6 is 11.3 Å². The highest BCUT2D eigenvalue weighted by molar-refractivity contribution is 7.18. The number of nitriles is 1. The lowest BCUT2D eigenvalue weighted by molar-refractivity contribution is -0.898. The van der Waals surface area contributed by atoms with Crippen molar-refractivity contribution in [2.75, 3.05) is 31.1 Å². The summed E-state index contributed by atoms with van der Waals surface area (Å²) in [5, 5.41) is 10.2. The van der Waals surface area contributed by atoms with E-state index in [0.29, 0.717) is 25.4 Å². The number of quaternary nitrogens is 1. The maximum Gasteiger partial charge on any atom is 0.282 e. The Morgan fingerprint density at radius 2 is 2.00 bits per heavy atom. The number of benzene rings is 2. The average molecular weight is 406 g/mol. The molecule has 1 unspecified atom stereocenters. The number of amides is 1. The minimum absolute atomic E-state index is 0.0893. The standard InChI is InChI=1S/C23H24N4OS/c24-13-7-15-27(19-9-2-1-3-10-19)22(28)17-26-14-6-8-18(16-26)23-25-20-11-4-5-12-21(20)29-23/h1-5,9-12,18H,6-8,14-17H2/p+1/t18-/m0/s1. The number of nitrogens with zero attached hydrogens (tertiary/aromatic N) is 3. The van der Waals surface area contributed by atoms with Gasteiger partial charge in [0.2, 0.25) is 0 Å². The van der Waals surface area contributed by atoms with Crippen molar-refractivity contribution in [3.63, 3.8) is 0 Å². The molecule has 148 valence electrons. The molecule has 1 amide bonds. The van der Waals surface area contributed by atoms with E-state index in [1.165, 1.54) is 14.6 Å². The van der Waals surface area contributed by atoms with Gasteiger partial charge in [0.25, 0.3) is 5.91 Å². The Morgan fingerprint density at radius 3 is 2.79 bits per heavy atom. The third kappa shape index (κ3) is 4.64. The summed E-state index contributed by atoms with van der Waals surface area (Å²) < 4.78 is 1.23. The molecule has 0 saturated carbocycles. The maximum absolute atomic E-state index is 13.1. The van der Waals surface area contributed by atoms with E-state index in [1.807, 2.05) is 36.4 Å². The molecule has 0 aliphatic carbocycles. The Morgan fingerprint density at radius 1 is 1.21 bits per heavy atom. The van der Waals surface area contributed by atoms with E-state index >= 15 is 0 Å². The van der Waals surface area contributed by atoms with Crippen molar-refractivity contribution in [3.8, 4) is 6.07 Å². The molecule has 2 heterocycles. The molecule has 2 atom stereocenters. The van der Waals surface area contributed by atoms with Gasteiger partial charge in [-0.25, -0.2) is 4.98 Å². The number of carbonyl (C=O) groups excluding carboxylic acids is 1. The topological polar surface area (TPSA) is 61.4 Å². The van der Waals surface area contributed by atoms with Gasteiger partial charge in [-0.05, 0) is 37.1 Å². The van der Waals surface area contributed by atoms with E-state index in [1.54, 1.807) is 16.2 Å². The second-order valence-corrected chi connectivity index (χ2v) is 8.59. The Balaban J connectivity index is 1.45. The monoisotopic (exact) mass is 405 g/mol. The fourth-order valence-corrected chi connectivity index (χ4v) is 5.17. The first-order valence-electron chi connectivity index (χ1n) is 10.2. The van der Waals surface area contributed by atoms with Crippen LogP contribution in [0.2, 0.25) is 0 Å². The van der Waals surface area contributed by atoms with Crippen molar-refractivity contribution in [1.82, 2.24) is 4.98 Å². The Hall–Kier alpha value is -2.75. The molecule has 1 fully saturated rings. The molecular weight excluding hydrogens is 380 g/mol. The molecule has 29 heavy (non-hydrogen) atoms. The van der Waals surface area contributed by atoms with Crippen LogP contribution in [-0.2, 0) is 4.79 Å². The Labute approximate surface area is 175 Å². The van der Waals surface area contributed by atoms with Gasteiger partial charge in [-0.2, -0.15) is 5.26 Å². The van der Waals surface area contributed by atoms with Crippen molar-refractivity contribution in [1.29, 1.82) is 5.26 Å². The van der Waals surface area contributed by atoms with Crippen molar-refractivity contribution < 1.29 is 9.69 Å². The SMILES string of the molecule is N#CCCN(C(=O)C[NH+]1CCC[C@H](c2nc3ccccc3s2)C1)c1ccccc1. The molecule has 2 aromatic carbocycles. The van der Waals surface area contributed by atoms with Crippen LogP contribution in [0.15, 0.2) is 54.6 Å². The van der Waals surface area contributed by atoms with E-state index < -0.39 is 0 Å². The van der Waals surface area contributed by atoms with E-state index in [0.717, 1.165) is 37.1 Å². The molecular formula is C23H25N4OS+. The quantitative estimate of drug-likeness (QED) is 0.686. The van der Waals surface area contributed by atoms with Gasteiger partial charge < -0.3 is 9.80 Å². The van der Waals surface area contributed by atoms with Gasteiger partial charge in [0, 0.05) is 12.2 Å². The number of para-hydroxylation sites is 2. The van der Waals surface area contributed by atoms with Crippen LogP contribution in [0.5, 0.6) is 0 Å². The van der Waals surface area contributed by atoms with Gasteiger partial charge in [-0.3, -0.25) is 4.79 Å². The van der Waals surface area contributed by atoms with Gasteiger partial charge in [0.1, 0.15) is 5.01 Å². The summed E-state index contributed by atoms with van der Waals surface area (Å²) in [6.45, 7) is 2.84. The molecule has 3 aromatic rings. The lowest BCUT2D eigenvalue weighted by atomic mass is 9.98. The molecule has 4 rings (SSSR count). The normalized spacial score (nSPS) is 19.0. The summed E-state index contributed by atoms with van der Waals surface area (Å²) >= 11 is 1.78. The minimum Gasteiger partial charge on any atom is -0.327 e. The van der Waals surface area contributed by atoms with Gasteiger partial charge >= 0.3 is 0 Å². The highest BCUT2D eigenvalue weighted by Crippen LogP contribution is 2.30. The predicted octanol–water partition coefficient (Wildman–Crippen LogP) is 3.01. The summed E-state index contributed by atoms with van der Waals surface area (Å²) in [5.41, 5.74) is 1.94. The summed E-state index contributed by atoms with van der Waals surface area (Å²) in [6, 6.07) is 20.1. The van der Waals surface area contributed by atoms with Crippen molar-refractivity contribution in [2.24, 2.45) is 0 Å². The van der Waals surface area contributed by atoms with Gasteiger partial charge in [-0.1, -0.05) is 30.3 Å². The largest absolute Gasteiger partial charge is 0.327 e. The molecule has 0 bridgehead atoms. The fourth-order valence-electron chi connectivity index (χ4n) is 4.06. The summed E-state index contributed by atoms with van der Waals surface area (Å²) in [5.74, 6) is 0.500. The summed E-state index contributed by atoms with van der Waals surface area (Å²) in [6.07, 6.45) is 2.57. The number of fused-ring (bicyclic) bond motifs is 1. The number of carbonyl (C=O) groups is 1. The maximum atomic E-state index is 13.1. The number of piperidine rings is 1. The zero-order valence-electron chi connectivity index (χ0n) is 16.4. The molecule has 1 aromatic heterocycles. The van der Waals surface area contributed by atoms with Crippen LogP contribution in [0, 0.1) is 11.3 Å². The van der Waals surface area contributed by atoms with Crippen molar-refractivity contribution >= 4 is 33.1 Å². The zero-order chi connectivity index (χ0) is 20.1. The third-order valence-corrected chi connectivity index (χ3v) is 6.69. The Kier molecular flexibility index (Phi) is 6.18.